The van der Waals surface area contributed by atoms with Crippen LogP contribution in [-0.4, -0.2) is 44.2 Å². The molecule has 5 nitrogen and oxygen atoms in total. The van der Waals surface area contributed by atoms with Crippen molar-refractivity contribution < 1.29 is 13.9 Å². The van der Waals surface area contributed by atoms with Gasteiger partial charge < -0.3 is 14.5 Å². The molecule has 0 atom stereocenters. The van der Waals surface area contributed by atoms with Crippen molar-refractivity contribution in [3.8, 4) is 0 Å². The number of methoxy groups -OCH3 is 1. The number of rotatable bonds is 6. The quantitative estimate of drug-likeness (QED) is 0.815. The molecule has 1 aliphatic rings. The number of nitrogens with zero attached hydrogens (tertiary/aromatic N) is 1. The van der Waals surface area contributed by atoms with Gasteiger partial charge in [0.25, 0.3) is 0 Å². The van der Waals surface area contributed by atoms with Crippen molar-refractivity contribution in [3.63, 3.8) is 0 Å². The first-order valence-electron chi connectivity index (χ1n) is 7.74. The molecule has 21 heavy (non-hydrogen) atoms. The molecule has 118 valence electrons. The Bertz CT molecular complexity index is 462. The fourth-order valence-corrected chi connectivity index (χ4v) is 2.84. The summed E-state index contributed by atoms with van der Waals surface area (Å²) in [6.45, 7) is 9.13. The van der Waals surface area contributed by atoms with Crippen molar-refractivity contribution in [1.29, 1.82) is 0 Å². The minimum Gasteiger partial charge on any atom is -0.463 e. The number of carbonyl (C=O) groups is 1. The number of aryl methyl sites for hydroxylation is 1. The highest BCUT2D eigenvalue weighted by Gasteiger charge is 2.21. The number of esters is 1. The molecule has 2 heterocycles. The summed E-state index contributed by atoms with van der Waals surface area (Å²) in [6.07, 6.45) is 2.44. The Morgan fingerprint density at radius 1 is 1.48 bits per heavy atom. The summed E-state index contributed by atoms with van der Waals surface area (Å²) in [7, 11) is 1.37. The summed E-state index contributed by atoms with van der Waals surface area (Å²) in [5, 5.41) is 3.42. The van der Waals surface area contributed by atoms with Crippen LogP contribution in [-0.2, 0) is 11.3 Å². The topological polar surface area (TPSA) is 54.7 Å². The molecule has 1 aromatic heterocycles. The molecular formula is C16H26N2O3. The third kappa shape index (κ3) is 4.32. The van der Waals surface area contributed by atoms with Crippen LogP contribution in [0.1, 0.15) is 41.6 Å². The van der Waals surface area contributed by atoms with Gasteiger partial charge >= 0.3 is 5.97 Å². The van der Waals surface area contributed by atoms with Gasteiger partial charge in [-0.05, 0) is 57.9 Å². The van der Waals surface area contributed by atoms with E-state index in [1.165, 1.54) is 20.0 Å². The first-order chi connectivity index (χ1) is 10.1. The maximum absolute atomic E-state index is 11.5. The summed E-state index contributed by atoms with van der Waals surface area (Å²) in [6, 6.07) is 1.94. The molecule has 0 unspecified atom stereocenters. The summed E-state index contributed by atoms with van der Waals surface area (Å²) in [5.41, 5.74) is 0.846. The van der Waals surface area contributed by atoms with Crippen LogP contribution in [0.25, 0.3) is 0 Å². The Kier molecular flexibility index (Phi) is 5.82. The van der Waals surface area contributed by atoms with E-state index in [9.17, 15) is 4.79 Å². The zero-order valence-corrected chi connectivity index (χ0v) is 13.3. The predicted molar refractivity (Wildman–Crippen MR) is 81.3 cm³/mol. The fourth-order valence-electron chi connectivity index (χ4n) is 2.84. The van der Waals surface area contributed by atoms with Crippen molar-refractivity contribution in [2.75, 3.05) is 33.3 Å². The monoisotopic (exact) mass is 294 g/mol. The van der Waals surface area contributed by atoms with Gasteiger partial charge in [0.15, 0.2) is 0 Å². The molecule has 2 rings (SSSR count). The number of furan rings is 1. The van der Waals surface area contributed by atoms with Crippen LogP contribution in [0, 0.1) is 12.8 Å². The summed E-state index contributed by atoms with van der Waals surface area (Å²) < 4.78 is 10.4. The zero-order valence-electron chi connectivity index (χ0n) is 13.3. The van der Waals surface area contributed by atoms with Crippen LogP contribution >= 0.6 is 0 Å². The molecule has 1 saturated heterocycles. The van der Waals surface area contributed by atoms with Crippen LogP contribution < -0.4 is 5.32 Å². The van der Waals surface area contributed by atoms with Gasteiger partial charge in [0.1, 0.15) is 5.76 Å². The molecule has 0 saturated carbocycles. The highest BCUT2D eigenvalue weighted by Crippen LogP contribution is 2.21. The largest absolute Gasteiger partial charge is 0.463 e. The maximum Gasteiger partial charge on any atom is 0.374 e. The van der Waals surface area contributed by atoms with Gasteiger partial charge in [0.05, 0.1) is 13.7 Å². The van der Waals surface area contributed by atoms with Crippen LogP contribution in [0.2, 0.25) is 0 Å². The third-order valence-corrected chi connectivity index (χ3v) is 4.11. The van der Waals surface area contributed by atoms with E-state index in [1.807, 2.05) is 13.0 Å². The normalized spacial score (nSPS) is 17.1. The van der Waals surface area contributed by atoms with Crippen molar-refractivity contribution in [1.82, 2.24) is 10.2 Å². The SMILES string of the molecule is CCNCC1CCN(Cc2cc(C)c(C(=O)OC)o2)CC1. The van der Waals surface area contributed by atoms with Gasteiger partial charge in [-0.15, -0.1) is 0 Å². The lowest BCUT2D eigenvalue weighted by Crippen LogP contribution is -2.36. The van der Waals surface area contributed by atoms with Gasteiger partial charge in [-0.2, -0.15) is 0 Å². The Balaban J connectivity index is 1.85. The number of hydrogen-bond donors (Lipinski definition) is 1. The van der Waals surface area contributed by atoms with Gasteiger partial charge in [-0.3, -0.25) is 4.90 Å². The number of ether oxygens (including phenoxy) is 1. The lowest BCUT2D eigenvalue weighted by Gasteiger charge is -2.31. The molecule has 0 aliphatic carbocycles. The molecular weight excluding hydrogens is 268 g/mol. The smallest absolute Gasteiger partial charge is 0.374 e. The van der Waals surface area contributed by atoms with Crippen LogP contribution in [0.4, 0.5) is 0 Å². The Hall–Kier alpha value is -1.33. The molecule has 0 amide bonds. The van der Waals surface area contributed by atoms with E-state index in [4.69, 9.17) is 9.15 Å². The van der Waals surface area contributed by atoms with E-state index in [0.717, 1.165) is 50.0 Å². The van der Waals surface area contributed by atoms with Crippen LogP contribution in [0.3, 0.4) is 0 Å². The van der Waals surface area contributed by atoms with Crippen LogP contribution in [0.15, 0.2) is 10.5 Å². The van der Waals surface area contributed by atoms with E-state index >= 15 is 0 Å². The van der Waals surface area contributed by atoms with Gasteiger partial charge in [0.2, 0.25) is 5.76 Å². The Morgan fingerprint density at radius 2 is 2.19 bits per heavy atom. The lowest BCUT2D eigenvalue weighted by atomic mass is 9.97. The number of hydrogen-bond acceptors (Lipinski definition) is 5. The van der Waals surface area contributed by atoms with E-state index < -0.39 is 5.97 Å². The Labute approximate surface area is 126 Å². The third-order valence-electron chi connectivity index (χ3n) is 4.11. The maximum atomic E-state index is 11.5. The summed E-state index contributed by atoms with van der Waals surface area (Å²) >= 11 is 0. The van der Waals surface area contributed by atoms with Gasteiger partial charge in [-0.1, -0.05) is 6.92 Å². The minimum atomic E-state index is -0.400. The second kappa shape index (κ2) is 7.61. The molecule has 1 fully saturated rings. The molecule has 0 spiro atoms. The molecule has 5 heteroatoms. The molecule has 1 aromatic rings. The average molecular weight is 294 g/mol. The van der Waals surface area contributed by atoms with Crippen molar-refractivity contribution >= 4 is 5.97 Å². The van der Waals surface area contributed by atoms with E-state index in [-0.39, 0.29) is 0 Å². The van der Waals surface area contributed by atoms with Crippen LogP contribution in [0.5, 0.6) is 0 Å². The number of piperidine rings is 1. The summed E-state index contributed by atoms with van der Waals surface area (Å²) in [4.78, 5) is 13.9. The minimum absolute atomic E-state index is 0.328. The first kappa shape index (κ1) is 16.0. The Morgan fingerprint density at radius 3 is 2.81 bits per heavy atom. The van der Waals surface area contributed by atoms with Crippen molar-refractivity contribution in [3.05, 3.63) is 23.2 Å². The molecule has 0 bridgehead atoms. The highest BCUT2D eigenvalue weighted by molar-refractivity contribution is 5.87. The molecule has 0 aromatic carbocycles. The predicted octanol–water partition coefficient (Wildman–Crippen LogP) is 2.20. The standard InChI is InChI=1S/C16H26N2O3/c1-4-17-10-13-5-7-18(8-6-13)11-14-9-12(2)15(21-14)16(19)20-3/h9,13,17H,4-8,10-11H2,1-3H3. The molecule has 1 aliphatic heterocycles. The van der Waals surface area contributed by atoms with E-state index in [1.54, 1.807) is 0 Å². The highest BCUT2D eigenvalue weighted by atomic mass is 16.5. The zero-order chi connectivity index (χ0) is 15.2. The number of likely N-dealkylation sites (tertiary alicyclic amines) is 1. The van der Waals surface area contributed by atoms with Gasteiger partial charge in [-0.25, -0.2) is 4.79 Å². The van der Waals surface area contributed by atoms with Crippen molar-refractivity contribution in [2.24, 2.45) is 5.92 Å². The molecule has 0 radical (unpaired) electrons. The van der Waals surface area contributed by atoms with Gasteiger partial charge in [0, 0.05) is 5.56 Å². The lowest BCUT2D eigenvalue weighted by molar-refractivity contribution is 0.0559. The van der Waals surface area contributed by atoms with Crippen molar-refractivity contribution in [2.45, 2.75) is 33.2 Å². The average Bonchev–Trinajstić information content (AvgIpc) is 2.86. The second-order valence-corrected chi connectivity index (χ2v) is 5.74. The van der Waals surface area contributed by atoms with E-state index in [0.29, 0.717) is 5.76 Å². The molecule has 1 N–H and O–H groups in total. The van der Waals surface area contributed by atoms with E-state index in [2.05, 4.69) is 17.1 Å². The summed E-state index contributed by atoms with van der Waals surface area (Å²) in [5.74, 6) is 1.56. The fraction of sp³-hybridized carbons (Fsp3) is 0.688. The second-order valence-electron chi connectivity index (χ2n) is 5.74. The first-order valence-corrected chi connectivity index (χ1v) is 7.74. The number of carbonyl (C=O) groups excluding carboxylic acids is 1. The number of nitrogens with one attached hydrogen (secondary N) is 1.